The van der Waals surface area contributed by atoms with Gasteiger partial charge in [-0.25, -0.2) is 9.18 Å². The number of nitrogens with one attached hydrogen (secondary N) is 1. The lowest BCUT2D eigenvalue weighted by Crippen LogP contribution is -2.41. The summed E-state index contributed by atoms with van der Waals surface area (Å²) in [5.74, 6) is 0.590. The number of carbonyl (C=O) groups is 1. The number of pyridine rings is 1. The molecule has 1 spiro atoms. The molecule has 0 aliphatic carbocycles. The summed E-state index contributed by atoms with van der Waals surface area (Å²) in [4.78, 5) is 18.8. The number of nitrogens with zero attached hydrogens (tertiary/aromatic N) is 4. The van der Waals surface area contributed by atoms with E-state index in [1.54, 1.807) is 29.4 Å². The van der Waals surface area contributed by atoms with Crippen molar-refractivity contribution in [1.29, 1.82) is 0 Å². The average molecular weight is 437 g/mol. The smallest absolute Gasteiger partial charge is 0.317 e. The van der Waals surface area contributed by atoms with E-state index in [4.69, 9.17) is 9.15 Å². The molecule has 8 nitrogen and oxygen atoms in total. The second-order valence-corrected chi connectivity index (χ2v) is 8.38. The molecule has 2 saturated heterocycles. The molecule has 0 bridgehead atoms. The lowest BCUT2D eigenvalue weighted by atomic mass is 9.72. The molecule has 1 unspecified atom stereocenters. The average Bonchev–Trinajstić information content (AvgIpc) is 3.44. The van der Waals surface area contributed by atoms with Gasteiger partial charge in [0.25, 0.3) is 0 Å². The van der Waals surface area contributed by atoms with Crippen LogP contribution in [0.5, 0.6) is 0 Å². The van der Waals surface area contributed by atoms with Gasteiger partial charge in [0.2, 0.25) is 11.8 Å². The Kier molecular flexibility index (Phi) is 5.57. The summed E-state index contributed by atoms with van der Waals surface area (Å²) in [6.45, 7) is 2.61. The van der Waals surface area contributed by atoms with Crippen molar-refractivity contribution in [3.63, 3.8) is 0 Å². The SMILES string of the molecule is O=C(NCc1cccc(F)c1)N1CC(c2nnc(-c3ccncc3)o2)C2(CCOCC2)C1. The number of benzene rings is 1. The molecule has 4 heterocycles. The Hall–Kier alpha value is -3.33. The first-order valence-corrected chi connectivity index (χ1v) is 10.7. The predicted octanol–water partition coefficient (Wildman–Crippen LogP) is 3.38. The van der Waals surface area contributed by atoms with Crippen LogP contribution in [-0.4, -0.2) is 52.4 Å². The van der Waals surface area contributed by atoms with Crippen LogP contribution in [0.3, 0.4) is 0 Å². The second kappa shape index (κ2) is 8.66. The van der Waals surface area contributed by atoms with Crippen LogP contribution in [0, 0.1) is 11.2 Å². The topological polar surface area (TPSA) is 93.4 Å². The fourth-order valence-corrected chi connectivity index (χ4v) is 4.67. The van der Waals surface area contributed by atoms with Crippen molar-refractivity contribution < 1.29 is 18.3 Å². The molecule has 2 amide bonds. The maximum absolute atomic E-state index is 13.4. The van der Waals surface area contributed by atoms with Crippen LogP contribution in [0.15, 0.2) is 53.2 Å². The molecule has 0 saturated carbocycles. The molecule has 1 aromatic carbocycles. The molecule has 9 heteroatoms. The molecule has 5 rings (SSSR count). The van der Waals surface area contributed by atoms with Gasteiger partial charge in [0, 0.05) is 56.2 Å². The molecule has 32 heavy (non-hydrogen) atoms. The monoisotopic (exact) mass is 437 g/mol. The Morgan fingerprint density at radius 2 is 2.00 bits per heavy atom. The van der Waals surface area contributed by atoms with Crippen LogP contribution < -0.4 is 5.32 Å². The van der Waals surface area contributed by atoms with Gasteiger partial charge in [-0.1, -0.05) is 12.1 Å². The van der Waals surface area contributed by atoms with Gasteiger partial charge in [-0.05, 0) is 42.7 Å². The number of urea groups is 1. The number of hydrogen-bond acceptors (Lipinski definition) is 6. The summed E-state index contributed by atoms with van der Waals surface area (Å²) < 4.78 is 25.1. The van der Waals surface area contributed by atoms with Crippen LogP contribution >= 0.6 is 0 Å². The van der Waals surface area contributed by atoms with Crippen molar-refractivity contribution in [2.45, 2.75) is 25.3 Å². The molecular formula is C23H24FN5O3. The molecular weight excluding hydrogens is 413 g/mol. The minimum Gasteiger partial charge on any atom is -0.420 e. The number of rotatable bonds is 4. The van der Waals surface area contributed by atoms with E-state index in [-0.39, 0.29) is 29.7 Å². The van der Waals surface area contributed by atoms with E-state index < -0.39 is 0 Å². The first kappa shape index (κ1) is 20.6. The van der Waals surface area contributed by atoms with Crippen LogP contribution in [0.25, 0.3) is 11.5 Å². The molecule has 3 aromatic rings. The highest BCUT2D eigenvalue weighted by molar-refractivity contribution is 5.74. The second-order valence-electron chi connectivity index (χ2n) is 8.38. The van der Waals surface area contributed by atoms with Gasteiger partial charge in [-0.15, -0.1) is 10.2 Å². The first-order chi connectivity index (χ1) is 15.6. The highest BCUT2D eigenvalue weighted by Crippen LogP contribution is 2.49. The lowest BCUT2D eigenvalue weighted by molar-refractivity contribution is 0.0102. The predicted molar refractivity (Wildman–Crippen MR) is 113 cm³/mol. The highest BCUT2D eigenvalue weighted by Gasteiger charge is 2.51. The summed E-state index contributed by atoms with van der Waals surface area (Å²) in [6.07, 6.45) is 5.00. The zero-order valence-electron chi connectivity index (χ0n) is 17.5. The Morgan fingerprint density at radius 1 is 1.19 bits per heavy atom. The summed E-state index contributed by atoms with van der Waals surface area (Å²) in [5.41, 5.74) is 1.35. The Morgan fingerprint density at radius 3 is 2.78 bits per heavy atom. The Balaban J connectivity index is 1.34. The summed E-state index contributed by atoms with van der Waals surface area (Å²) in [6, 6.07) is 9.69. The first-order valence-electron chi connectivity index (χ1n) is 10.7. The third kappa shape index (κ3) is 4.08. The molecule has 0 radical (unpaired) electrons. The van der Waals surface area contributed by atoms with Crippen molar-refractivity contribution in [2.24, 2.45) is 5.41 Å². The third-order valence-electron chi connectivity index (χ3n) is 6.42. The number of aromatic nitrogens is 3. The van der Waals surface area contributed by atoms with Gasteiger partial charge < -0.3 is 19.4 Å². The van der Waals surface area contributed by atoms with Gasteiger partial charge in [-0.2, -0.15) is 0 Å². The molecule has 1 atom stereocenters. The van der Waals surface area contributed by atoms with Crippen molar-refractivity contribution in [2.75, 3.05) is 26.3 Å². The lowest BCUT2D eigenvalue weighted by Gasteiger charge is -2.36. The van der Waals surface area contributed by atoms with Crippen molar-refractivity contribution >= 4 is 6.03 Å². The van der Waals surface area contributed by atoms with E-state index in [9.17, 15) is 9.18 Å². The normalized spacial score (nSPS) is 19.9. The van der Waals surface area contributed by atoms with Gasteiger partial charge in [0.15, 0.2) is 0 Å². The molecule has 2 fully saturated rings. The van der Waals surface area contributed by atoms with E-state index in [1.807, 2.05) is 12.1 Å². The van der Waals surface area contributed by atoms with Gasteiger partial charge in [-0.3, -0.25) is 4.98 Å². The number of likely N-dealkylation sites (tertiary alicyclic amines) is 1. The zero-order chi connectivity index (χ0) is 22.0. The number of carbonyl (C=O) groups excluding carboxylic acids is 1. The quantitative estimate of drug-likeness (QED) is 0.673. The Bertz CT molecular complexity index is 1080. The van der Waals surface area contributed by atoms with Crippen LogP contribution in [0.1, 0.15) is 30.2 Å². The van der Waals surface area contributed by atoms with Crippen molar-refractivity contribution in [3.05, 3.63) is 66.1 Å². The van der Waals surface area contributed by atoms with Crippen LogP contribution in [0.2, 0.25) is 0 Å². The van der Waals surface area contributed by atoms with Crippen molar-refractivity contribution in [1.82, 2.24) is 25.4 Å². The fraction of sp³-hybridized carbons (Fsp3) is 0.391. The van der Waals surface area contributed by atoms with Crippen molar-refractivity contribution in [3.8, 4) is 11.5 Å². The minimum absolute atomic E-state index is 0.0746. The maximum Gasteiger partial charge on any atom is 0.317 e. The van der Waals surface area contributed by atoms with E-state index >= 15 is 0 Å². The maximum atomic E-state index is 13.4. The van der Waals surface area contributed by atoms with E-state index in [0.717, 1.165) is 18.4 Å². The molecule has 2 aliphatic rings. The van der Waals surface area contributed by atoms with Gasteiger partial charge in [0.1, 0.15) is 5.82 Å². The number of hydrogen-bond donors (Lipinski definition) is 1. The summed E-state index contributed by atoms with van der Waals surface area (Å²) in [5, 5.41) is 11.5. The van der Waals surface area contributed by atoms with E-state index in [2.05, 4.69) is 20.5 Å². The minimum atomic E-state index is -0.319. The fourth-order valence-electron chi connectivity index (χ4n) is 4.67. The van der Waals surface area contributed by atoms with E-state index in [0.29, 0.717) is 43.6 Å². The van der Waals surface area contributed by atoms with Crippen LogP contribution in [0.4, 0.5) is 9.18 Å². The number of halogens is 1. The summed E-state index contributed by atoms with van der Waals surface area (Å²) in [7, 11) is 0. The van der Waals surface area contributed by atoms with Gasteiger partial charge >= 0.3 is 6.03 Å². The number of amides is 2. The summed E-state index contributed by atoms with van der Waals surface area (Å²) >= 11 is 0. The molecule has 1 N–H and O–H groups in total. The molecule has 2 aromatic heterocycles. The molecule has 2 aliphatic heterocycles. The standard InChI is InChI=1S/C23H24FN5O3/c24-18-3-1-2-16(12-18)13-26-22(30)29-14-19(23(15-29)6-10-31-11-7-23)21-28-27-20(32-21)17-4-8-25-9-5-17/h1-5,8-9,12,19H,6-7,10-11,13-15H2,(H,26,30). The Labute approximate surface area is 184 Å². The third-order valence-corrected chi connectivity index (χ3v) is 6.42. The number of ether oxygens (including phenoxy) is 1. The van der Waals surface area contributed by atoms with E-state index in [1.165, 1.54) is 12.1 Å². The van der Waals surface area contributed by atoms with Gasteiger partial charge in [0.05, 0.1) is 5.92 Å². The molecule has 166 valence electrons. The largest absolute Gasteiger partial charge is 0.420 e. The van der Waals surface area contributed by atoms with Crippen LogP contribution in [-0.2, 0) is 11.3 Å². The zero-order valence-corrected chi connectivity index (χ0v) is 17.5. The highest BCUT2D eigenvalue weighted by atomic mass is 19.1.